The summed E-state index contributed by atoms with van der Waals surface area (Å²) >= 11 is 0. The number of aromatic nitrogens is 2. The van der Waals surface area contributed by atoms with Crippen molar-refractivity contribution in [3.8, 4) is 11.4 Å². The third kappa shape index (κ3) is 3.60. The van der Waals surface area contributed by atoms with Crippen LogP contribution in [0.4, 0.5) is 4.79 Å². The molecule has 1 fully saturated rings. The zero-order valence-electron chi connectivity index (χ0n) is 16.1. The number of hydrogen-bond acceptors (Lipinski definition) is 5. The lowest BCUT2D eigenvalue weighted by atomic mass is 10.2. The fourth-order valence-corrected chi connectivity index (χ4v) is 3.84. The van der Waals surface area contributed by atoms with Crippen LogP contribution in [0, 0.1) is 0 Å². The number of rotatable bonds is 3. The first-order chi connectivity index (χ1) is 13.7. The van der Waals surface area contributed by atoms with Crippen LogP contribution in [0.3, 0.4) is 0 Å². The van der Waals surface area contributed by atoms with E-state index in [9.17, 15) is 9.59 Å². The molecule has 0 bridgehead atoms. The zero-order chi connectivity index (χ0) is 19.5. The van der Waals surface area contributed by atoms with Gasteiger partial charge in [-0.15, -0.1) is 0 Å². The summed E-state index contributed by atoms with van der Waals surface area (Å²) in [5.74, 6) is 0.531. The Labute approximate surface area is 164 Å². The van der Waals surface area contributed by atoms with E-state index in [1.54, 1.807) is 4.90 Å². The van der Waals surface area contributed by atoms with Gasteiger partial charge in [0.05, 0.1) is 19.3 Å². The Bertz CT molecular complexity index is 858. The summed E-state index contributed by atoms with van der Waals surface area (Å²) in [5, 5.41) is 1.96. The van der Waals surface area contributed by atoms with Crippen LogP contribution in [0.2, 0.25) is 0 Å². The Morgan fingerprint density at radius 1 is 1.04 bits per heavy atom. The monoisotopic (exact) mass is 383 g/mol. The van der Waals surface area contributed by atoms with E-state index in [0.717, 1.165) is 43.0 Å². The summed E-state index contributed by atoms with van der Waals surface area (Å²) in [5.41, 5.74) is 5.06. The molecule has 3 heterocycles. The second-order valence-corrected chi connectivity index (χ2v) is 7.13. The molecule has 0 saturated carbocycles. The van der Waals surface area contributed by atoms with Crippen LogP contribution in [0.5, 0.6) is 0 Å². The number of hydrogen-bond donors (Lipinski definition) is 1. The third-order valence-corrected chi connectivity index (χ3v) is 5.30. The summed E-state index contributed by atoms with van der Waals surface area (Å²) in [6, 6.07) is 9.82. The van der Waals surface area contributed by atoms with Gasteiger partial charge in [-0.3, -0.25) is 10.2 Å². The Morgan fingerprint density at radius 3 is 2.50 bits per heavy atom. The average molecular weight is 383 g/mol. The van der Waals surface area contributed by atoms with Gasteiger partial charge in [-0.2, -0.15) is 0 Å². The maximum atomic E-state index is 13.0. The van der Waals surface area contributed by atoms with E-state index >= 15 is 0 Å². The number of fused-ring (bicyclic) bond motifs is 1. The fourth-order valence-electron chi connectivity index (χ4n) is 3.84. The number of hydrazine groups is 1. The fraction of sp³-hybridized carbons (Fsp3) is 0.450. The number of carbonyl (C=O) groups excluding carboxylic acids is 2. The van der Waals surface area contributed by atoms with Crippen LogP contribution in [0.25, 0.3) is 11.4 Å². The lowest BCUT2D eigenvalue weighted by Gasteiger charge is -2.29. The minimum Gasteiger partial charge on any atom is -0.453 e. The van der Waals surface area contributed by atoms with Crippen molar-refractivity contribution in [3.63, 3.8) is 0 Å². The SMILES string of the molecule is COC(=O)N1CCn2c(-c3ccccc3)nc(C(=O)NN3CCCCC3)c2C1. The summed E-state index contributed by atoms with van der Waals surface area (Å²) < 4.78 is 6.91. The molecule has 28 heavy (non-hydrogen) atoms. The van der Waals surface area contributed by atoms with Crippen LogP contribution in [0.1, 0.15) is 35.4 Å². The second-order valence-electron chi connectivity index (χ2n) is 7.13. The third-order valence-electron chi connectivity index (χ3n) is 5.30. The molecule has 0 radical (unpaired) electrons. The Morgan fingerprint density at radius 2 is 1.79 bits per heavy atom. The van der Waals surface area contributed by atoms with Crippen molar-refractivity contribution in [1.29, 1.82) is 0 Å². The van der Waals surface area contributed by atoms with Crippen molar-refractivity contribution < 1.29 is 14.3 Å². The molecule has 8 nitrogen and oxygen atoms in total. The summed E-state index contributed by atoms with van der Waals surface area (Å²) in [6.45, 7) is 3.08. The topological polar surface area (TPSA) is 79.7 Å². The first-order valence-corrected chi connectivity index (χ1v) is 9.71. The van der Waals surface area contributed by atoms with Gasteiger partial charge in [0.15, 0.2) is 5.69 Å². The zero-order valence-corrected chi connectivity index (χ0v) is 16.1. The van der Waals surface area contributed by atoms with Crippen molar-refractivity contribution in [2.24, 2.45) is 0 Å². The van der Waals surface area contributed by atoms with Crippen LogP contribution in [-0.4, -0.2) is 58.2 Å². The van der Waals surface area contributed by atoms with Gasteiger partial charge in [-0.05, 0) is 12.8 Å². The highest BCUT2D eigenvalue weighted by Gasteiger charge is 2.30. The van der Waals surface area contributed by atoms with Gasteiger partial charge in [0.1, 0.15) is 5.82 Å². The Kier molecular flexibility index (Phi) is 5.29. The van der Waals surface area contributed by atoms with E-state index in [1.807, 2.05) is 39.9 Å². The number of ether oxygens (including phenoxy) is 1. The van der Waals surface area contributed by atoms with Crippen molar-refractivity contribution in [2.75, 3.05) is 26.7 Å². The molecule has 0 spiro atoms. The van der Waals surface area contributed by atoms with Crippen molar-refractivity contribution in [1.82, 2.24) is 24.9 Å². The van der Waals surface area contributed by atoms with E-state index in [1.165, 1.54) is 13.5 Å². The number of benzene rings is 1. The van der Waals surface area contributed by atoms with Gasteiger partial charge in [0.25, 0.3) is 5.91 Å². The number of carbonyl (C=O) groups is 2. The quantitative estimate of drug-likeness (QED) is 0.880. The van der Waals surface area contributed by atoms with Gasteiger partial charge < -0.3 is 14.2 Å². The number of piperidine rings is 1. The van der Waals surface area contributed by atoms with Gasteiger partial charge in [-0.25, -0.2) is 14.8 Å². The molecule has 8 heteroatoms. The van der Waals surface area contributed by atoms with Crippen LogP contribution >= 0.6 is 0 Å². The minimum atomic E-state index is -0.393. The first-order valence-electron chi connectivity index (χ1n) is 9.71. The van der Waals surface area contributed by atoms with Crippen LogP contribution in [-0.2, 0) is 17.8 Å². The molecular weight excluding hydrogens is 358 g/mol. The normalized spacial score (nSPS) is 17.1. The molecule has 148 valence electrons. The van der Waals surface area contributed by atoms with Crippen molar-refractivity contribution in [3.05, 3.63) is 41.7 Å². The van der Waals surface area contributed by atoms with Gasteiger partial charge in [0, 0.05) is 31.7 Å². The highest BCUT2D eigenvalue weighted by molar-refractivity contribution is 5.94. The molecule has 0 unspecified atom stereocenters. The van der Waals surface area contributed by atoms with Crippen molar-refractivity contribution >= 4 is 12.0 Å². The van der Waals surface area contributed by atoms with Gasteiger partial charge in [-0.1, -0.05) is 36.8 Å². The molecule has 2 aliphatic rings. The van der Waals surface area contributed by atoms with E-state index in [-0.39, 0.29) is 5.91 Å². The predicted octanol–water partition coefficient (Wildman–Crippen LogP) is 2.26. The molecule has 4 rings (SSSR count). The standard InChI is InChI=1S/C20H25N5O3/c1-28-20(27)23-12-13-25-16(14-23)17(19(26)22-24-10-6-3-7-11-24)21-18(25)15-8-4-2-5-9-15/h2,4-5,8-9H,3,6-7,10-14H2,1H3,(H,22,26). The second kappa shape index (κ2) is 8.02. The Hall–Kier alpha value is -2.87. The van der Waals surface area contributed by atoms with Crippen LogP contribution < -0.4 is 5.43 Å². The highest BCUT2D eigenvalue weighted by atomic mass is 16.5. The molecule has 0 atom stereocenters. The number of methoxy groups -OCH3 is 1. The molecule has 1 saturated heterocycles. The smallest absolute Gasteiger partial charge is 0.409 e. The lowest BCUT2D eigenvalue weighted by molar-refractivity contribution is 0.0739. The van der Waals surface area contributed by atoms with E-state index in [2.05, 4.69) is 5.43 Å². The van der Waals surface area contributed by atoms with Gasteiger partial charge >= 0.3 is 6.09 Å². The predicted molar refractivity (Wildman–Crippen MR) is 103 cm³/mol. The number of nitrogens with zero attached hydrogens (tertiary/aromatic N) is 4. The number of nitrogens with one attached hydrogen (secondary N) is 1. The van der Waals surface area contributed by atoms with E-state index in [4.69, 9.17) is 9.72 Å². The van der Waals surface area contributed by atoms with Crippen molar-refractivity contribution in [2.45, 2.75) is 32.4 Å². The Balaban J connectivity index is 1.67. The molecule has 1 aromatic carbocycles. The molecule has 0 aliphatic carbocycles. The largest absolute Gasteiger partial charge is 0.453 e. The van der Waals surface area contributed by atoms with Gasteiger partial charge in [0.2, 0.25) is 0 Å². The van der Waals surface area contributed by atoms with E-state index < -0.39 is 6.09 Å². The number of imidazole rings is 1. The summed E-state index contributed by atoms with van der Waals surface area (Å²) in [4.78, 5) is 31.3. The first kappa shape index (κ1) is 18.5. The molecule has 2 amide bonds. The molecule has 1 N–H and O–H groups in total. The summed E-state index contributed by atoms with van der Waals surface area (Å²) in [7, 11) is 1.37. The average Bonchev–Trinajstić information content (AvgIpc) is 3.13. The molecule has 1 aromatic heterocycles. The maximum absolute atomic E-state index is 13.0. The molecule has 2 aliphatic heterocycles. The summed E-state index contributed by atoms with van der Waals surface area (Å²) in [6.07, 6.45) is 2.95. The van der Waals surface area contributed by atoms with Crippen LogP contribution in [0.15, 0.2) is 30.3 Å². The lowest BCUT2D eigenvalue weighted by Crippen LogP contribution is -2.46. The number of amides is 2. The molecule has 2 aromatic rings. The van der Waals surface area contributed by atoms with E-state index in [0.29, 0.717) is 25.3 Å². The highest BCUT2D eigenvalue weighted by Crippen LogP contribution is 2.27. The molecular formula is C20H25N5O3. The maximum Gasteiger partial charge on any atom is 0.409 e. The minimum absolute atomic E-state index is 0.223.